The molecule has 0 radical (unpaired) electrons. The second kappa shape index (κ2) is 8.42. The first-order chi connectivity index (χ1) is 17.7. The Balaban J connectivity index is 1.26. The molecule has 1 saturated carbocycles. The van der Waals surface area contributed by atoms with Gasteiger partial charge in [0, 0.05) is 29.0 Å². The number of allylic oxidation sites excluding steroid dienone is 1. The second-order valence-electron chi connectivity index (χ2n) is 9.22. The van der Waals surface area contributed by atoms with Gasteiger partial charge in [-0.1, -0.05) is 13.0 Å². The fraction of sp³-hybridized carbons (Fsp3) is 0.143. The van der Waals surface area contributed by atoms with Crippen LogP contribution in [0.15, 0.2) is 78.0 Å². The topological polar surface area (TPSA) is 95.2 Å². The van der Waals surface area contributed by atoms with Crippen LogP contribution >= 0.6 is 11.3 Å². The smallest absolute Gasteiger partial charge is 0.138 e. The molecule has 0 bridgehead atoms. The van der Waals surface area contributed by atoms with Crippen LogP contribution in [-0.2, 0) is 0 Å². The molecule has 3 N–H and O–H groups in total. The molecule has 0 saturated heterocycles. The highest BCUT2D eigenvalue weighted by Gasteiger charge is 2.21. The van der Waals surface area contributed by atoms with Crippen LogP contribution in [0.1, 0.15) is 19.3 Å². The summed E-state index contributed by atoms with van der Waals surface area (Å²) in [7, 11) is 0. The first-order valence-electron chi connectivity index (χ1n) is 12.0. The molecule has 8 heteroatoms. The van der Waals surface area contributed by atoms with Crippen molar-refractivity contribution in [2.24, 2.45) is 5.92 Å². The van der Waals surface area contributed by atoms with E-state index in [9.17, 15) is 0 Å². The number of H-pyrrole nitrogens is 2. The number of pyridine rings is 3. The molecule has 176 valence electrons. The molecule has 1 fully saturated rings. The Morgan fingerprint density at radius 2 is 2.03 bits per heavy atom. The standard InChI is InChI=1S/C28H23N7S/c1-16(17-3-2-4-17)31-20-11-19(13-29-14-20)23-5-6-24-26(32-23)27(35-34-24)25-12-22-21(18-8-10-36-15-18)7-9-30-28(22)33-25/h5-15,17,31H,1-4H2,(H,30,33)(H,34,35). The monoisotopic (exact) mass is 489 g/mol. The van der Waals surface area contributed by atoms with E-state index in [2.05, 4.69) is 72.1 Å². The molecule has 36 heavy (non-hydrogen) atoms. The number of rotatable bonds is 6. The van der Waals surface area contributed by atoms with Crippen LogP contribution < -0.4 is 5.32 Å². The zero-order valence-electron chi connectivity index (χ0n) is 19.5. The third-order valence-electron chi connectivity index (χ3n) is 6.96. The van der Waals surface area contributed by atoms with Crippen LogP contribution in [0.2, 0.25) is 0 Å². The molecular weight excluding hydrogens is 466 g/mol. The normalized spacial score (nSPS) is 13.8. The maximum atomic E-state index is 4.98. The van der Waals surface area contributed by atoms with Crippen molar-refractivity contribution < 1.29 is 0 Å². The summed E-state index contributed by atoms with van der Waals surface area (Å²) < 4.78 is 0. The number of nitrogens with one attached hydrogen (secondary N) is 3. The Bertz CT molecular complexity index is 1720. The summed E-state index contributed by atoms with van der Waals surface area (Å²) in [4.78, 5) is 17.4. The molecule has 1 aliphatic carbocycles. The van der Waals surface area contributed by atoms with Crippen molar-refractivity contribution in [3.63, 3.8) is 0 Å². The number of hydrogen-bond donors (Lipinski definition) is 3. The van der Waals surface area contributed by atoms with Gasteiger partial charge in [-0.15, -0.1) is 0 Å². The second-order valence-corrected chi connectivity index (χ2v) is 10.0. The minimum atomic E-state index is 0.558. The van der Waals surface area contributed by atoms with Gasteiger partial charge in [0.05, 0.1) is 28.8 Å². The van der Waals surface area contributed by atoms with Gasteiger partial charge in [-0.25, -0.2) is 9.97 Å². The van der Waals surface area contributed by atoms with E-state index in [0.717, 1.165) is 61.7 Å². The largest absolute Gasteiger partial charge is 0.358 e. The summed E-state index contributed by atoms with van der Waals surface area (Å²) in [6.07, 6.45) is 9.20. The Kier molecular flexibility index (Phi) is 4.92. The quantitative estimate of drug-likeness (QED) is 0.234. The molecule has 7 rings (SSSR count). The maximum Gasteiger partial charge on any atom is 0.138 e. The first-order valence-corrected chi connectivity index (χ1v) is 12.9. The van der Waals surface area contributed by atoms with E-state index in [4.69, 9.17) is 4.98 Å². The third-order valence-corrected chi connectivity index (χ3v) is 7.65. The van der Waals surface area contributed by atoms with Crippen LogP contribution in [-0.4, -0.2) is 30.1 Å². The molecular formula is C28H23N7S. The Morgan fingerprint density at radius 1 is 1.08 bits per heavy atom. The predicted molar refractivity (Wildman–Crippen MR) is 146 cm³/mol. The number of aromatic nitrogens is 6. The maximum absolute atomic E-state index is 4.98. The highest BCUT2D eigenvalue weighted by molar-refractivity contribution is 7.08. The lowest BCUT2D eigenvalue weighted by molar-refractivity contribution is 0.371. The number of fused-ring (bicyclic) bond motifs is 2. The molecule has 0 atom stereocenters. The van der Waals surface area contributed by atoms with Crippen LogP contribution in [0.25, 0.3) is 55.8 Å². The van der Waals surface area contributed by atoms with E-state index in [-0.39, 0.29) is 0 Å². The van der Waals surface area contributed by atoms with E-state index < -0.39 is 0 Å². The summed E-state index contributed by atoms with van der Waals surface area (Å²) in [6, 6.07) is 12.4. The van der Waals surface area contributed by atoms with Crippen molar-refractivity contribution in [2.75, 3.05) is 5.32 Å². The molecule has 7 nitrogen and oxygen atoms in total. The van der Waals surface area contributed by atoms with Gasteiger partial charge in [0.25, 0.3) is 0 Å². The van der Waals surface area contributed by atoms with Crippen molar-refractivity contribution in [2.45, 2.75) is 19.3 Å². The molecule has 6 heterocycles. The third kappa shape index (κ3) is 3.58. The summed E-state index contributed by atoms with van der Waals surface area (Å²) in [5, 5.41) is 16.5. The van der Waals surface area contributed by atoms with E-state index in [0.29, 0.717) is 5.92 Å². The molecule has 0 amide bonds. The first kappa shape index (κ1) is 21.0. The van der Waals surface area contributed by atoms with Gasteiger partial charge < -0.3 is 10.3 Å². The number of nitrogens with zero attached hydrogens (tertiary/aromatic N) is 4. The lowest BCUT2D eigenvalue weighted by Gasteiger charge is -2.28. The van der Waals surface area contributed by atoms with Gasteiger partial charge in [0.1, 0.15) is 16.9 Å². The summed E-state index contributed by atoms with van der Waals surface area (Å²) in [5.41, 5.74) is 10.3. The van der Waals surface area contributed by atoms with Gasteiger partial charge in [-0.3, -0.25) is 10.1 Å². The van der Waals surface area contributed by atoms with Gasteiger partial charge in [0.2, 0.25) is 0 Å². The number of aromatic amines is 2. The fourth-order valence-corrected chi connectivity index (χ4v) is 5.42. The predicted octanol–water partition coefficient (Wildman–Crippen LogP) is 7.02. The number of hydrogen-bond acceptors (Lipinski definition) is 6. The van der Waals surface area contributed by atoms with Gasteiger partial charge in [0.15, 0.2) is 0 Å². The fourth-order valence-electron chi connectivity index (χ4n) is 4.76. The van der Waals surface area contributed by atoms with Gasteiger partial charge in [-0.2, -0.15) is 16.4 Å². The molecule has 0 aromatic carbocycles. The molecule has 0 spiro atoms. The number of anilines is 1. The van der Waals surface area contributed by atoms with E-state index >= 15 is 0 Å². The van der Waals surface area contributed by atoms with Crippen LogP contribution in [0.3, 0.4) is 0 Å². The number of thiophene rings is 1. The Hall–Kier alpha value is -4.30. The Morgan fingerprint density at radius 3 is 2.86 bits per heavy atom. The highest BCUT2D eigenvalue weighted by atomic mass is 32.1. The van der Waals surface area contributed by atoms with Crippen molar-refractivity contribution in [1.82, 2.24) is 30.1 Å². The van der Waals surface area contributed by atoms with Crippen LogP contribution in [0, 0.1) is 5.92 Å². The van der Waals surface area contributed by atoms with Gasteiger partial charge in [-0.05, 0) is 77.0 Å². The SMILES string of the molecule is C=C(Nc1cncc(-c2ccc3[nH]nc(-c4cc5c(-c6ccsc6)ccnc5[nH]4)c3n2)c1)C1CCC1. The lowest BCUT2D eigenvalue weighted by atomic mass is 9.83. The minimum Gasteiger partial charge on any atom is -0.358 e. The van der Waals surface area contributed by atoms with Gasteiger partial charge >= 0.3 is 0 Å². The van der Waals surface area contributed by atoms with Crippen LogP contribution in [0.5, 0.6) is 0 Å². The summed E-state index contributed by atoms with van der Waals surface area (Å²) in [5.74, 6) is 0.558. The van der Waals surface area contributed by atoms with Crippen molar-refractivity contribution in [1.29, 1.82) is 0 Å². The van der Waals surface area contributed by atoms with Crippen molar-refractivity contribution in [3.8, 4) is 33.8 Å². The lowest BCUT2D eigenvalue weighted by Crippen LogP contribution is -2.18. The molecule has 6 aromatic heterocycles. The van der Waals surface area contributed by atoms with Crippen molar-refractivity contribution >= 4 is 39.1 Å². The van der Waals surface area contributed by atoms with E-state index in [1.54, 1.807) is 11.3 Å². The Labute approximate surface area is 211 Å². The average Bonchev–Trinajstić information content (AvgIpc) is 3.61. The summed E-state index contributed by atoms with van der Waals surface area (Å²) >= 11 is 1.69. The van der Waals surface area contributed by atoms with E-state index in [1.807, 2.05) is 30.7 Å². The average molecular weight is 490 g/mol. The zero-order chi connectivity index (χ0) is 24.1. The summed E-state index contributed by atoms with van der Waals surface area (Å²) in [6.45, 7) is 4.22. The molecule has 6 aromatic rings. The minimum absolute atomic E-state index is 0.558. The highest BCUT2D eigenvalue weighted by Crippen LogP contribution is 2.35. The van der Waals surface area contributed by atoms with E-state index in [1.165, 1.54) is 24.8 Å². The van der Waals surface area contributed by atoms with Crippen LogP contribution in [0.4, 0.5) is 5.69 Å². The molecule has 0 aliphatic heterocycles. The molecule has 0 unspecified atom stereocenters. The zero-order valence-corrected chi connectivity index (χ0v) is 20.3. The van der Waals surface area contributed by atoms with Crippen molar-refractivity contribution in [3.05, 3.63) is 78.0 Å². The molecule has 1 aliphatic rings.